The standard InChI is InChI=1S/C19H25N/c1-4-14-11-16(5-2)19(17(6-3)12-14)18-9-7-15(13-20)8-10-18/h7-12H,4-6,13,20H2,1-3H3. The van der Waals surface area contributed by atoms with Crippen LogP contribution in [0.25, 0.3) is 11.1 Å². The van der Waals surface area contributed by atoms with Crippen molar-refractivity contribution in [3.05, 3.63) is 58.7 Å². The fraction of sp³-hybridized carbons (Fsp3) is 0.368. The SMILES string of the molecule is CCc1cc(CC)c(-c2ccc(CN)cc2)c(CC)c1. The third kappa shape index (κ3) is 2.94. The Morgan fingerprint density at radius 2 is 1.30 bits per heavy atom. The molecule has 2 rings (SSSR count). The molecule has 0 fully saturated rings. The maximum absolute atomic E-state index is 5.69. The molecule has 106 valence electrons. The monoisotopic (exact) mass is 267 g/mol. The lowest BCUT2D eigenvalue weighted by atomic mass is 9.89. The van der Waals surface area contributed by atoms with Crippen LogP contribution in [-0.2, 0) is 25.8 Å². The molecule has 0 saturated carbocycles. The van der Waals surface area contributed by atoms with Gasteiger partial charge in [0.05, 0.1) is 0 Å². The zero-order valence-corrected chi connectivity index (χ0v) is 12.9. The van der Waals surface area contributed by atoms with Crippen LogP contribution in [0.1, 0.15) is 43.0 Å². The first-order chi connectivity index (χ1) is 9.73. The highest BCUT2D eigenvalue weighted by molar-refractivity contribution is 5.72. The summed E-state index contributed by atoms with van der Waals surface area (Å²) in [5, 5.41) is 0. The van der Waals surface area contributed by atoms with Gasteiger partial charge in [-0.25, -0.2) is 0 Å². The largest absolute Gasteiger partial charge is 0.326 e. The van der Waals surface area contributed by atoms with Crippen molar-refractivity contribution in [3.8, 4) is 11.1 Å². The Labute approximate surface area is 122 Å². The van der Waals surface area contributed by atoms with E-state index in [1.807, 2.05) is 0 Å². The number of benzene rings is 2. The molecule has 1 heteroatoms. The van der Waals surface area contributed by atoms with Gasteiger partial charge in [0.1, 0.15) is 0 Å². The van der Waals surface area contributed by atoms with Crippen molar-refractivity contribution in [2.45, 2.75) is 46.6 Å². The van der Waals surface area contributed by atoms with Gasteiger partial charge < -0.3 is 5.73 Å². The topological polar surface area (TPSA) is 26.0 Å². The van der Waals surface area contributed by atoms with Crippen LogP contribution < -0.4 is 5.73 Å². The molecular formula is C19H25N. The molecule has 2 aromatic carbocycles. The third-order valence-corrected chi connectivity index (χ3v) is 4.01. The normalized spacial score (nSPS) is 10.8. The van der Waals surface area contributed by atoms with Crippen molar-refractivity contribution in [3.63, 3.8) is 0 Å². The van der Waals surface area contributed by atoms with Crippen molar-refractivity contribution in [1.29, 1.82) is 0 Å². The summed E-state index contributed by atoms with van der Waals surface area (Å²) in [6.45, 7) is 7.32. The lowest BCUT2D eigenvalue weighted by Gasteiger charge is -2.16. The van der Waals surface area contributed by atoms with Crippen molar-refractivity contribution < 1.29 is 0 Å². The molecule has 2 aromatic rings. The maximum atomic E-state index is 5.69. The Kier molecular flexibility index (Phi) is 4.97. The first-order valence-electron chi connectivity index (χ1n) is 7.67. The highest BCUT2D eigenvalue weighted by Crippen LogP contribution is 2.30. The second kappa shape index (κ2) is 6.71. The Morgan fingerprint density at radius 3 is 1.70 bits per heavy atom. The van der Waals surface area contributed by atoms with Gasteiger partial charge in [0.25, 0.3) is 0 Å². The van der Waals surface area contributed by atoms with E-state index < -0.39 is 0 Å². The molecule has 0 radical (unpaired) electrons. The molecule has 0 aliphatic heterocycles. The zero-order valence-electron chi connectivity index (χ0n) is 12.9. The molecule has 0 heterocycles. The molecule has 0 bridgehead atoms. The van der Waals surface area contributed by atoms with Crippen LogP contribution in [-0.4, -0.2) is 0 Å². The second-order valence-corrected chi connectivity index (χ2v) is 5.25. The van der Waals surface area contributed by atoms with Crippen LogP contribution in [0.4, 0.5) is 0 Å². The molecule has 2 N–H and O–H groups in total. The van der Waals surface area contributed by atoms with Crippen molar-refractivity contribution in [1.82, 2.24) is 0 Å². The molecule has 0 aromatic heterocycles. The fourth-order valence-electron chi connectivity index (χ4n) is 2.78. The zero-order chi connectivity index (χ0) is 14.5. The quantitative estimate of drug-likeness (QED) is 0.848. The number of hydrogen-bond donors (Lipinski definition) is 1. The van der Waals surface area contributed by atoms with E-state index in [1.54, 1.807) is 0 Å². The van der Waals surface area contributed by atoms with Crippen LogP contribution in [0.3, 0.4) is 0 Å². The number of rotatable bonds is 5. The molecular weight excluding hydrogens is 242 g/mol. The summed E-state index contributed by atoms with van der Waals surface area (Å²) in [5.41, 5.74) is 14.0. The molecule has 0 unspecified atom stereocenters. The van der Waals surface area contributed by atoms with Gasteiger partial charge in [0.2, 0.25) is 0 Å². The van der Waals surface area contributed by atoms with E-state index in [1.165, 1.54) is 33.4 Å². The van der Waals surface area contributed by atoms with Crippen molar-refractivity contribution >= 4 is 0 Å². The lowest BCUT2D eigenvalue weighted by molar-refractivity contribution is 1.04. The summed E-state index contributed by atoms with van der Waals surface area (Å²) in [6.07, 6.45) is 3.26. The van der Waals surface area contributed by atoms with Gasteiger partial charge in [-0.2, -0.15) is 0 Å². The summed E-state index contributed by atoms with van der Waals surface area (Å²) >= 11 is 0. The molecule has 0 atom stereocenters. The average molecular weight is 267 g/mol. The van der Waals surface area contributed by atoms with Gasteiger partial charge in [-0.15, -0.1) is 0 Å². The maximum Gasteiger partial charge on any atom is 0.0178 e. The smallest absolute Gasteiger partial charge is 0.0178 e. The summed E-state index contributed by atoms with van der Waals surface area (Å²) < 4.78 is 0. The van der Waals surface area contributed by atoms with E-state index in [4.69, 9.17) is 5.73 Å². The van der Waals surface area contributed by atoms with Crippen molar-refractivity contribution in [2.24, 2.45) is 5.73 Å². The van der Waals surface area contributed by atoms with Gasteiger partial charge in [-0.05, 0) is 52.6 Å². The van der Waals surface area contributed by atoms with E-state index in [9.17, 15) is 0 Å². The summed E-state index contributed by atoms with van der Waals surface area (Å²) in [6, 6.07) is 13.4. The Balaban J connectivity index is 2.57. The van der Waals surface area contributed by atoms with Gasteiger partial charge in [0, 0.05) is 6.54 Å². The fourth-order valence-corrected chi connectivity index (χ4v) is 2.78. The van der Waals surface area contributed by atoms with E-state index in [-0.39, 0.29) is 0 Å². The summed E-state index contributed by atoms with van der Waals surface area (Å²) in [5.74, 6) is 0. The van der Waals surface area contributed by atoms with Crippen LogP contribution in [0.2, 0.25) is 0 Å². The van der Waals surface area contributed by atoms with E-state index in [0.29, 0.717) is 6.54 Å². The summed E-state index contributed by atoms with van der Waals surface area (Å²) in [7, 11) is 0. The third-order valence-electron chi connectivity index (χ3n) is 4.01. The Bertz CT molecular complexity index is 542. The predicted molar refractivity (Wildman–Crippen MR) is 87.9 cm³/mol. The van der Waals surface area contributed by atoms with Crippen LogP contribution in [0, 0.1) is 0 Å². The highest BCUT2D eigenvalue weighted by Gasteiger charge is 2.10. The van der Waals surface area contributed by atoms with Gasteiger partial charge in [0.15, 0.2) is 0 Å². The highest BCUT2D eigenvalue weighted by atomic mass is 14.5. The molecule has 20 heavy (non-hydrogen) atoms. The first kappa shape index (κ1) is 14.8. The van der Waals surface area contributed by atoms with Crippen LogP contribution in [0.15, 0.2) is 36.4 Å². The molecule has 0 spiro atoms. The second-order valence-electron chi connectivity index (χ2n) is 5.25. The van der Waals surface area contributed by atoms with E-state index in [2.05, 4.69) is 57.2 Å². The van der Waals surface area contributed by atoms with Crippen molar-refractivity contribution in [2.75, 3.05) is 0 Å². The predicted octanol–water partition coefficient (Wildman–Crippen LogP) is 4.50. The molecule has 0 aliphatic rings. The van der Waals surface area contributed by atoms with Gasteiger partial charge >= 0.3 is 0 Å². The van der Waals surface area contributed by atoms with Gasteiger partial charge in [-0.3, -0.25) is 0 Å². The summed E-state index contributed by atoms with van der Waals surface area (Å²) in [4.78, 5) is 0. The first-order valence-corrected chi connectivity index (χ1v) is 7.67. The lowest BCUT2D eigenvalue weighted by Crippen LogP contribution is -1.99. The Hall–Kier alpha value is -1.60. The molecule has 1 nitrogen and oxygen atoms in total. The molecule has 0 saturated heterocycles. The number of aryl methyl sites for hydroxylation is 3. The van der Waals surface area contributed by atoms with Gasteiger partial charge in [-0.1, -0.05) is 57.2 Å². The van der Waals surface area contributed by atoms with Crippen LogP contribution >= 0.6 is 0 Å². The minimum Gasteiger partial charge on any atom is -0.326 e. The molecule has 0 amide bonds. The Morgan fingerprint density at radius 1 is 0.750 bits per heavy atom. The number of hydrogen-bond acceptors (Lipinski definition) is 1. The molecule has 0 aliphatic carbocycles. The minimum absolute atomic E-state index is 0.607. The minimum atomic E-state index is 0.607. The number of nitrogens with two attached hydrogens (primary N) is 1. The average Bonchev–Trinajstić information content (AvgIpc) is 2.53. The van der Waals surface area contributed by atoms with Crippen LogP contribution in [0.5, 0.6) is 0 Å². The van der Waals surface area contributed by atoms with E-state index >= 15 is 0 Å². The van der Waals surface area contributed by atoms with E-state index in [0.717, 1.165) is 19.3 Å².